The Morgan fingerprint density at radius 3 is 2.65 bits per heavy atom. The molecule has 1 aromatic carbocycles. The number of anilines is 1. The molecule has 0 aliphatic rings. The van der Waals surface area contributed by atoms with Gasteiger partial charge in [-0.2, -0.15) is 0 Å². The average Bonchev–Trinajstić information content (AvgIpc) is 3.11. The molecule has 0 fully saturated rings. The van der Waals surface area contributed by atoms with Crippen LogP contribution in [0.3, 0.4) is 0 Å². The van der Waals surface area contributed by atoms with E-state index in [-0.39, 0.29) is 24.0 Å². The molecule has 2 rings (SSSR count). The zero-order valence-electron chi connectivity index (χ0n) is 16.0. The minimum Gasteiger partial charge on any atom is -0.370 e. The lowest BCUT2D eigenvalue weighted by molar-refractivity contribution is 0.618. The molecule has 1 aromatic heterocycles. The van der Waals surface area contributed by atoms with Crippen LogP contribution in [0, 0.1) is 0 Å². The number of aliphatic imine (C=N–C) groups is 1. The Hall–Kier alpha value is -1.84. The van der Waals surface area contributed by atoms with Gasteiger partial charge in [-0.05, 0) is 19.1 Å². The molecule has 144 valence electrons. The van der Waals surface area contributed by atoms with Gasteiger partial charge < -0.3 is 20.1 Å². The maximum atomic E-state index is 4.29. The van der Waals surface area contributed by atoms with Crippen LogP contribution in [0.5, 0.6) is 0 Å². The van der Waals surface area contributed by atoms with Gasteiger partial charge in [0, 0.05) is 51.9 Å². The minimum absolute atomic E-state index is 0. The van der Waals surface area contributed by atoms with Crippen molar-refractivity contribution in [2.75, 3.05) is 32.1 Å². The first-order valence-electron chi connectivity index (χ1n) is 8.74. The number of aryl methyl sites for hydroxylation is 1. The normalized spacial score (nSPS) is 12.2. The fraction of sp³-hybridized carbons (Fsp3) is 0.500. The first-order valence-corrected chi connectivity index (χ1v) is 8.74. The molecule has 0 radical (unpaired) electrons. The van der Waals surface area contributed by atoms with Crippen LogP contribution < -0.4 is 15.5 Å². The van der Waals surface area contributed by atoms with E-state index in [1.54, 1.807) is 13.4 Å². The molecule has 8 heteroatoms. The van der Waals surface area contributed by atoms with E-state index in [4.69, 9.17) is 0 Å². The van der Waals surface area contributed by atoms with Crippen molar-refractivity contribution in [1.29, 1.82) is 0 Å². The third-order valence-corrected chi connectivity index (χ3v) is 4.27. The van der Waals surface area contributed by atoms with Gasteiger partial charge in [-0.25, -0.2) is 0 Å². The molecule has 0 spiro atoms. The Morgan fingerprint density at radius 2 is 2.00 bits per heavy atom. The highest BCUT2D eigenvalue weighted by atomic mass is 127. The summed E-state index contributed by atoms with van der Waals surface area (Å²) >= 11 is 0. The quantitative estimate of drug-likeness (QED) is 0.351. The van der Waals surface area contributed by atoms with Crippen molar-refractivity contribution >= 4 is 35.6 Å². The van der Waals surface area contributed by atoms with E-state index >= 15 is 0 Å². The van der Waals surface area contributed by atoms with E-state index in [1.165, 1.54) is 5.69 Å². The highest BCUT2D eigenvalue weighted by molar-refractivity contribution is 14.0. The van der Waals surface area contributed by atoms with Crippen LogP contribution in [-0.2, 0) is 13.0 Å². The highest BCUT2D eigenvalue weighted by Gasteiger charge is 2.10. The van der Waals surface area contributed by atoms with E-state index in [0.717, 1.165) is 37.8 Å². The van der Waals surface area contributed by atoms with Gasteiger partial charge in [0.1, 0.15) is 12.2 Å². The molecule has 2 N–H and O–H groups in total. The first-order chi connectivity index (χ1) is 12.2. The highest BCUT2D eigenvalue weighted by Crippen LogP contribution is 2.13. The summed E-state index contributed by atoms with van der Waals surface area (Å²) < 4.78 is 2.06. The summed E-state index contributed by atoms with van der Waals surface area (Å²) in [5, 5.41) is 14.8. The molecule has 0 aliphatic carbocycles. The van der Waals surface area contributed by atoms with Crippen molar-refractivity contribution < 1.29 is 0 Å². The number of hydrogen-bond acceptors (Lipinski definition) is 4. The summed E-state index contributed by atoms with van der Waals surface area (Å²) in [6.07, 6.45) is 2.66. The fourth-order valence-corrected chi connectivity index (χ4v) is 2.55. The summed E-state index contributed by atoms with van der Waals surface area (Å²) in [5.74, 6) is 1.81. The second kappa shape index (κ2) is 11.7. The molecule has 0 aliphatic heterocycles. The summed E-state index contributed by atoms with van der Waals surface area (Å²) in [6, 6.07) is 10.7. The van der Waals surface area contributed by atoms with Gasteiger partial charge in [-0.1, -0.05) is 25.1 Å². The lowest BCUT2D eigenvalue weighted by atomic mass is 10.2. The van der Waals surface area contributed by atoms with Crippen LogP contribution >= 0.6 is 24.0 Å². The lowest BCUT2D eigenvalue weighted by Crippen LogP contribution is -2.45. The van der Waals surface area contributed by atoms with E-state index in [1.807, 2.05) is 6.07 Å². The number of nitrogens with zero attached hydrogens (tertiary/aromatic N) is 5. The number of halogens is 1. The molecule has 1 heterocycles. The fourth-order valence-electron chi connectivity index (χ4n) is 2.55. The van der Waals surface area contributed by atoms with Gasteiger partial charge >= 0.3 is 0 Å². The molecule has 0 saturated carbocycles. The number of benzene rings is 1. The van der Waals surface area contributed by atoms with Crippen LogP contribution in [0.4, 0.5) is 5.69 Å². The second-order valence-corrected chi connectivity index (χ2v) is 5.97. The molecule has 0 saturated heterocycles. The van der Waals surface area contributed by atoms with Gasteiger partial charge in [-0.15, -0.1) is 34.2 Å². The van der Waals surface area contributed by atoms with Crippen molar-refractivity contribution in [2.24, 2.45) is 4.99 Å². The van der Waals surface area contributed by atoms with E-state index in [9.17, 15) is 0 Å². The maximum Gasteiger partial charge on any atom is 0.191 e. The van der Waals surface area contributed by atoms with E-state index < -0.39 is 0 Å². The molecule has 26 heavy (non-hydrogen) atoms. The molecule has 1 unspecified atom stereocenters. The number of para-hydroxylation sites is 1. The molecule has 7 nitrogen and oxygen atoms in total. The maximum absolute atomic E-state index is 4.29. The van der Waals surface area contributed by atoms with Gasteiger partial charge in [0.05, 0.1) is 0 Å². The molecule has 0 bridgehead atoms. The van der Waals surface area contributed by atoms with Crippen LogP contribution in [0.2, 0.25) is 0 Å². The summed E-state index contributed by atoms with van der Waals surface area (Å²) in [5.41, 5.74) is 1.21. The third-order valence-electron chi connectivity index (χ3n) is 4.27. The van der Waals surface area contributed by atoms with Gasteiger partial charge in [-0.3, -0.25) is 4.99 Å². The third kappa shape index (κ3) is 6.47. The van der Waals surface area contributed by atoms with Crippen LogP contribution in [0.15, 0.2) is 41.7 Å². The number of guanidine groups is 1. The van der Waals surface area contributed by atoms with Crippen LogP contribution in [0.1, 0.15) is 19.7 Å². The Labute approximate surface area is 173 Å². The zero-order chi connectivity index (χ0) is 18.1. The predicted molar refractivity (Wildman–Crippen MR) is 118 cm³/mol. The number of hydrogen-bond donors (Lipinski definition) is 2. The van der Waals surface area contributed by atoms with Gasteiger partial charge in [0.15, 0.2) is 5.96 Å². The van der Waals surface area contributed by atoms with E-state index in [2.05, 4.69) is 80.5 Å². The molecular formula is C18H30IN7. The topological polar surface area (TPSA) is 70.4 Å². The van der Waals surface area contributed by atoms with Crippen molar-refractivity contribution in [1.82, 2.24) is 25.4 Å². The molecular weight excluding hydrogens is 441 g/mol. The van der Waals surface area contributed by atoms with Gasteiger partial charge in [0.25, 0.3) is 0 Å². The summed E-state index contributed by atoms with van der Waals surface area (Å²) in [4.78, 5) is 6.54. The van der Waals surface area contributed by atoms with Crippen LogP contribution in [-0.4, -0.2) is 54.0 Å². The van der Waals surface area contributed by atoms with Crippen molar-refractivity contribution in [3.05, 3.63) is 42.5 Å². The minimum atomic E-state index is 0. The largest absolute Gasteiger partial charge is 0.370 e. The van der Waals surface area contributed by atoms with Crippen molar-refractivity contribution in [3.63, 3.8) is 0 Å². The average molecular weight is 471 g/mol. The Balaban J connectivity index is 0.00000338. The predicted octanol–water partition coefficient (Wildman–Crippen LogP) is 2.15. The summed E-state index contributed by atoms with van der Waals surface area (Å²) in [6.45, 7) is 6.67. The van der Waals surface area contributed by atoms with Crippen molar-refractivity contribution in [3.8, 4) is 0 Å². The number of aromatic nitrogens is 3. The SMILES string of the molecule is CCc1nncn1CCNC(=NC)NCC(C)N(C)c1ccccc1.I. The van der Waals surface area contributed by atoms with Crippen LogP contribution in [0.25, 0.3) is 0 Å². The number of rotatable bonds is 8. The first kappa shape index (κ1) is 22.2. The lowest BCUT2D eigenvalue weighted by Gasteiger charge is -2.27. The molecule has 0 amide bonds. The Morgan fingerprint density at radius 1 is 1.27 bits per heavy atom. The Kier molecular flexibility index (Phi) is 10.0. The standard InChI is InChI=1S/C18H29N7.HI/c1-5-17-23-22-14-25(17)12-11-20-18(19-3)21-13-15(2)24(4)16-9-7-6-8-10-16;/h6-10,14-15H,5,11-13H2,1-4H3,(H2,19,20,21);1H. The molecule has 1 atom stereocenters. The zero-order valence-corrected chi connectivity index (χ0v) is 18.3. The van der Waals surface area contributed by atoms with E-state index in [0.29, 0.717) is 6.04 Å². The smallest absolute Gasteiger partial charge is 0.191 e. The molecule has 2 aromatic rings. The number of likely N-dealkylation sites (N-methyl/N-ethyl adjacent to an activating group) is 1. The van der Waals surface area contributed by atoms with Crippen molar-refractivity contribution in [2.45, 2.75) is 32.9 Å². The second-order valence-electron chi connectivity index (χ2n) is 5.97. The summed E-state index contributed by atoms with van der Waals surface area (Å²) in [7, 11) is 3.90. The number of nitrogens with one attached hydrogen (secondary N) is 2. The monoisotopic (exact) mass is 471 g/mol. The van der Waals surface area contributed by atoms with Gasteiger partial charge in [0.2, 0.25) is 0 Å². The Bertz CT molecular complexity index is 657.